The molecule has 3 aromatic rings. The average Bonchev–Trinajstić information content (AvgIpc) is 2.82. The molecule has 0 N–H and O–H groups in total. The fourth-order valence-electron chi connectivity index (χ4n) is 1.69. The summed E-state index contributed by atoms with van der Waals surface area (Å²) in [7, 11) is 0. The Hall–Kier alpha value is -2.43. The Morgan fingerprint density at radius 3 is 2.75 bits per heavy atom. The molecule has 0 saturated heterocycles. The summed E-state index contributed by atoms with van der Waals surface area (Å²) in [4.78, 5) is 13.2. The minimum atomic E-state index is -0.135. The van der Waals surface area contributed by atoms with Crippen LogP contribution in [0.1, 0.15) is 0 Å². The lowest BCUT2D eigenvalue weighted by molar-refractivity contribution is 0.550. The highest BCUT2D eigenvalue weighted by molar-refractivity contribution is 5.78. The van der Waals surface area contributed by atoms with Crippen molar-refractivity contribution in [1.82, 2.24) is 19.8 Å². The Kier molecular flexibility index (Phi) is 1.83. The van der Waals surface area contributed by atoms with Crippen molar-refractivity contribution in [3.05, 3.63) is 59.1 Å². The number of benzene rings is 1. The van der Waals surface area contributed by atoms with Crippen molar-refractivity contribution in [3.8, 4) is 0 Å². The number of hydrogen-bond donors (Lipinski definition) is 0. The maximum absolute atomic E-state index is 11.8. The van der Waals surface area contributed by atoms with Gasteiger partial charge in [-0.05, 0) is 17.3 Å². The number of rotatable bonds is 1. The Balaban J connectivity index is 2.47. The molecular formula is C11H8N4O. The lowest BCUT2D eigenvalue weighted by Gasteiger charge is -2.07. The molecule has 16 heavy (non-hydrogen) atoms. The van der Waals surface area contributed by atoms with E-state index in [0.717, 1.165) is 10.9 Å². The van der Waals surface area contributed by atoms with E-state index in [-0.39, 0.29) is 5.56 Å². The maximum Gasteiger partial charge on any atom is 0.271 e. The molecule has 0 fully saturated rings. The second kappa shape index (κ2) is 3.30. The van der Waals surface area contributed by atoms with Crippen LogP contribution in [0.4, 0.5) is 0 Å². The molecule has 1 aromatic carbocycles. The van der Waals surface area contributed by atoms with Gasteiger partial charge in [-0.15, -0.1) is 5.10 Å². The van der Waals surface area contributed by atoms with Gasteiger partial charge < -0.3 is 0 Å². The average molecular weight is 212 g/mol. The molecule has 0 aliphatic carbocycles. The summed E-state index contributed by atoms with van der Waals surface area (Å²) in [5.74, 6) is 0. The van der Waals surface area contributed by atoms with E-state index in [1.54, 1.807) is 12.3 Å². The van der Waals surface area contributed by atoms with E-state index in [1.807, 2.05) is 24.3 Å². The molecule has 78 valence electrons. The van der Waals surface area contributed by atoms with Crippen LogP contribution in [0.15, 0.2) is 53.6 Å². The molecule has 0 aliphatic rings. The van der Waals surface area contributed by atoms with E-state index in [1.165, 1.54) is 21.7 Å². The number of para-hydroxylation sites is 1. The third-order valence-corrected chi connectivity index (χ3v) is 2.39. The van der Waals surface area contributed by atoms with Crippen LogP contribution in [0.25, 0.3) is 10.9 Å². The van der Waals surface area contributed by atoms with Crippen molar-refractivity contribution in [2.75, 3.05) is 0 Å². The molecule has 0 bridgehead atoms. The first-order valence-electron chi connectivity index (χ1n) is 4.84. The number of aromatic nitrogens is 4. The number of pyridine rings is 1. The van der Waals surface area contributed by atoms with Crippen molar-refractivity contribution in [3.63, 3.8) is 0 Å². The Morgan fingerprint density at radius 1 is 1.06 bits per heavy atom. The minimum absolute atomic E-state index is 0.135. The van der Waals surface area contributed by atoms with Gasteiger partial charge in [0.15, 0.2) is 0 Å². The van der Waals surface area contributed by atoms with E-state index in [9.17, 15) is 4.79 Å². The van der Waals surface area contributed by atoms with Gasteiger partial charge in [-0.25, -0.2) is 0 Å². The minimum Gasteiger partial charge on any atom is -0.267 e. The van der Waals surface area contributed by atoms with Gasteiger partial charge in [0.25, 0.3) is 5.56 Å². The predicted octanol–water partition coefficient (Wildman–Crippen LogP) is 0.904. The third-order valence-electron chi connectivity index (χ3n) is 2.39. The molecule has 0 saturated carbocycles. The fourth-order valence-corrected chi connectivity index (χ4v) is 1.69. The second-order valence-corrected chi connectivity index (χ2v) is 3.37. The standard InChI is InChI=1S/C11H8N4O/c16-11-6-5-9-3-1-2-4-10(9)15(11)14-8-7-12-13-14/h1-8H. The number of hydrogen-bond acceptors (Lipinski definition) is 3. The normalized spacial score (nSPS) is 10.8. The van der Waals surface area contributed by atoms with E-state index >= 15 is 0 Å². The van der Waals surface area contributed by atoms with E-state index in [4.69, 9.17) is 0 Å². The van der Waals surface area contributed by atoms with Gasteiger partial charge in [-0.2, -0.15) is 9.47 Å². The topological polar surface area (TPSA) is 52.7 Å². The van der Waals surface area contributed by atoms with E-state index < -0.39 is 0 Å². The molecule has 0 aliphatic heterocycles. The summed E-state index contributed by atoms with van der Waals surface area (Å²) in [5.41, 5.74) is 0.671. The van der Waals surface area contributed by atoms with Gasteiger partial charge in [-0.1, -0.05) is 18.2 Å². The molecule has 5 heteroatoms. The predicted molar refractivity (Wildman–Crippen MR) is 59.0 cm³/mol. The van der Waals surface area contributed by atoms with Crippen molar-refractivity contribution in [2.45, 2.75) is 0 Å². The van der Waals surface area contributed by atoms with Crippen LogP contribution < -0.4 is 5.56 Å². The second-order valence-electron chi connectivity index (χ2n) is 3.37. The van der Waals surface area contributed by atoms with Crippen LogP contribution in [-0.2, 0) is 0 Å². The largest absolute Gasteiger partial charge is 0.271 e. The first-order valence-corrected chi connectivity index (χ1v) is 4.84. The van der Waals surface area contributed by atoms with Crippen LogP contribution >= 0.6 is 0 Å². The molecule has 2 heterocycles. The molecule has 0 spiro atoms. The molecule has 3 rings (SSSR count). The van der Waals surface area contributed by atoms with Gasteiger partial charge in [0, 0.05) is 11.5 Å². The van der Waals surface area contributed by atoms with E-state index in [2.05, 4.69) is 10.3 Å². The molecule has 0 atom stereocenters. The summed E-state index contributed by atoms with van der Waals surface area (Å²) in [6, 6.07) is 10.9. The monoisotopic (exact) mass is 212 g/mol. The zero-order chi connectivity index (χ0) is 11.0. The first kappa shape index (κ1) is 8.84. The fraction of sp³-hybridized carbons (Fsp3) is 0. The van der Waals surface area contributed by atoms with Gasteiger partial charge >= 0.3 is 0 Å². The zero-order valence-electron chi connectivity index (χ0n) is 8.32. The molecule has 0 amide bonds. The van der Waals surface area contributed by atoms with Gasteiger partial charge in [0.2, 0.25) is 0 Å². The lowest BCUT2D eigenvalue weighted by Crippen LogP contribution is -2.26. The van der Waals surface area contributed by atoms with Gasteiger partial charge in [0.1, 0.15) is 0 Å². The molecule has 5 nitrogen and oxygen atoms in total. The van der Waals surface area contributed by atoms with Crippen molar-refractivity contribution in [2.24, 2.45) is 0 Å². The smallest absolute Gasteiger partial charge is 0.267 e. The highest BCUT2D eigenvalue weighted by Gasteiger charge is 2.03. The zero-order valence-corrected chi connectivity index (χ0v) is 8.32. The number of fused-ring (bicyclic) bond motifs is 1. The summed E-state index contributed by atoms with van der Waals surface area (Å²) < 4.78 is 1.47. The van der Waals surface area contributed by atoms with Crippen LogP contribution in [0.2, 0.25) is 0 Å². The summed E-state index contributed by atoms with van der Waals surface area (Å²) in [5, 5.41) is 8.51. The Morgan fingerprint density at radius 2 is 1.94 bits per heavy atom. The van der Waals surface area contributed by atoms with Crippen molar-refractivity contribution in [1.29, 1.82) is 0 Å². The quantitative estimate of drug-likeness (QED) is 0.602. The van der Waals surface area contributed by atoms with Crippen LogP contribution in [0.3, 0.4) is 0 Å². The van der Waals surface area contributed by atoms with Gasteiger partial charge in [0.05, 0.1) is 17.9 Å². The molecule has 0 radical (unpaired) electrons. The van der Waals surface area contributed by atoms with Crippen LogP contribution in [0.5, 0.6) is 0 Å². The van der Waals surface area contributed by atoms with Crippen molar-refractivity contribution < 1.29 is 0 Å². The third kappa shape index (κ3) is 1.22. The first-order chi connectivity index (χ1) is 7.86. The van der Waals surface area contributed by atoms with Crippen LogP contribution in [-0.4, -0.2) is 19.8 Å². The molecule has 0 unspecified atom stereocenters. The molecular weight excluding hydrogens is 204 g/mol. The summed E-state index contributed by atoms with van der Waals surface area (Å²) in [6.07, 6.45) is 3.17. The van der Waals surface area contributed by atoms with E-state index in [0.29, 0.717) is 0 Å². The Bertz CT molecular complexity index is 685. The molecule has 2 aromatic heterocycles. The summed E-state index contributed by atoms with van der Waals surface area (Å²) in [6.45, 7) is 0. The Labute approximate surface area is 90.5 Å². The van der Waals surface area contributed by atoms with Gasteiger partial charge in [-0.3, -0.25) is 4.79 Å². The highest BCUT2D eigenvalue weighted by atomic mass is 16.1. The lowest BCUT2D eigenvalue weighted by atomic mass is 10.2. The van der Waals surface area contributed by atoms with Crippen LogP contribution in [0, 0.1) is 0 Å². The maximum atomic E-state index is 11.8. The number of nitrogens with zero attached hydrogens (tertiary/aromatic N) is 4. The SMILES string of the molecule is O=c1ccc2ccccc2n1-n1ccnn1. The van der Waals surface area contributed by atoms with Crippen molar-refractivity contribution >= 4 is 10.9 Å². The highest BCUT2D eigenvalue weighted by Crippen LogP contribution is 2.10. The summed E-state index contributed by atoms with van der Waals surface area (Å²) >= 11 is 0.